The van der Waals surface area contributed by atoms with Gasteiger partial charge in [-0.05, 0) is 35.9 Å². The highest BCUT2D eigenvalue weighted by atomic mass is 35.5. The largest absolute Gasteiger partial charge is 0.366 e. The molecule has 0 unspecified atom stereocenters. The van der Waals surface area contributed by atoms with Crippen LogP contribution in [0.2, 0.25) is 5.02 Å². The smallest absolute Gasteiger partial charge is 0.135 e. The topological polar surface area (TPSA) is 49.8 Å². The van der Waals surface area contributed by atoms with Gasteiger partial charge in [-0.1, -0.05) is 29.8 Å². The van der Waals surface area contributed by atoms with Gasteiger partial charge in [-0.25, -0.2) is 14.4 Å². The highest BCUT2D eigenvalue weighted by molar-refractivity contribution is 6.30. The number of nitrogens with one attached hydrogen (secondary N) is 2. The third-order valence-electron chi connectivity index (χ3n) is 3.15. The summed E-state index contributed by atoms with van der Waals surface area (Å²) in [5.74, 6) is 0.961. The first-order valence-electron chi connectivity index (χ1n) is 7.02. The van der Waals surface area contributed by atoms with Gasteiger partial charge in [-0.2, -0.15) is 0 Å². The van der Waals surface area contributed by atoms with Crippen LogP contribution in [0.3, 0.4) is 0 Å². The molecule has 0 spiro atoms. The van der Waals surface area contributed by atoms with Crippen LogP contribution in [0.4, 0.5) is 21.7 Å². The molecule has 2 N–H and O–H groups in total. The zero-order valence-electron chi connectivity index (χ0n) is 12.1. The van der Waals surface area contributed by atoms with Crippen molar-refractivity contribution >= 4 is 28.9 Å². The van der Waals surface area contributed by atoms with Crippen LogP contribution >= 0.6 is 11.6 Å². The van der Waals surface area contributed by atoms with Gasteiger partial charge in [-0.15, -0.1) is 0 Å². The van der Waals surface area contributed by atoms with E-state index in [9.17, 15) is 4.39 Å². The molecule has 0 radical (unpaired) electrons. The van der Waals surface area contributed by atoms with E-state index in [0.29, 0.717) is 28.9 Å². The molecule has 0 amide bonds. The van der Waals surface area contributed by atoms with Crippen LogP contribution in [-0.2, 0) is 6.54 Å². The van der Waals surface area contributed by atoms with Gasteiger partial charge in [0.15, 0.2) is 0 Å². The van der Waals surface area contributed by atoms with Crippen LogP contribution in [0.15, 0.2) is 60.9 Å². The molecule has 3 rings (SSSR count). The van der Waals surface area contributed by atoms with Crippen molar-refractivity contribution in [2.24, 2.45) is 0 Å². The molecule has 1 heterocycles. The Morgan fingerprint density at radius 1 is 0.957 bits per heavy atom. The van der Waals surface area contributed by atoms with Crippen molar-refractivity contribution in [1.29, 1.82) is 0 Å². The van der Waals surface area contributed by atoms with Crippen molar-refractivity contribution in [3.8, 4) is 0 Å². The SMILES string of the molecule is Fc1cccc(Nc2cc(NCc3ccc(Cl)cc3)ncn2)c1. The Kier molecular flexibility index (Phi) is 4.68. The fraction of sp³-hybridized carbons (Fsp3) is 0.0588. The minimum absolute atomic E-state index is 0.301. The molecule has 1 aromatic heterocycles. The van der Waals surface area contributed by atoms with Gasteiger partial charge in [0.1, 0.15) is 23.8 Å². The van der Waals surface area contributed by atoms with Crippen molar-refractivity contribution in [2.45, 2.75) is 6.54 Å². The van der Waals surface area contributed by atoms with E-state index in [0.717, 1.165) is 5.56 Å². The highest BCUT2D eigenvalue weighted by Crippen LogP contribution is 2.17. The molecular formula is C17H14ClFN4. The summed E-state index contributed by atoms with van der Waals surface area (Å²) in [5.41, 5.74) is 1.72. The second kappa shape index (κ2) is 7.07. The van der Waals surface area contributed by atoms with Crippen LogP contribution in [0, 0.1) is 5.82 Å². The molecule has 2 aromatic carbocycles. The molecule has 0 aliphatic heterocycles. The minimum atomic E-state index is -0.301. The number of anilines is 3. The van der Waals surface area contributed by atoms with E-state index < -0.39 is 0 Å². The van der Waals surface area contributed by atoms with Gasteiger partial charge in [0, 0.05) is 23.3 Å². The van der Waals surface area contributed by atoms with E-state index >= 15 is 0 Å². The normalized spacial score (nSPS) is 10.3. The zero-order chi connectivity index (χ0) is 16.1. The molecular weight excluding hydrogens is 315 g/mol. The van der Waals surface area contributed by atoms with Crippen LogP contribution in [0.25, 0.3) is 0 Å². The molecule has 0 aliphatic rings. The lowest BCUT2D eigenvalue weighted by Gasteiger charge is -2.09. The van der Waals surface area contributed by atoms with Gasteiger partial charge in [0.2, 0.25) is 0 Å². The van der Waals surface area contributed by atoms with Gasteiger partial charge in [0.25, 0.3) is 0 Å². The maximum absolute atomic E-state index is 13.2. The summed E-state index contributed by atoms with van der Waals surface area (Å²) in [4.78, 5) is 8.30. The maximum Gasteiger partial charge on any atom is 0.135 e. The van der Waals surface area contributed by atoms with Crippen molar-refractivity contribution in [3.05, 3.63) is 77.3 Å². The fourth-order valence-electron chi connectivity index (χ4n) is 2.03. The predicted octanol–water partition coefficient (Wildman–Crippen LogP) is 4.62. The van der Waals surface area contributed by atoms with Crippen LogP contribution in [0.1, 0.15) is 5.56 Å². The third-order valence-corrected chi connectivity index (χ3v) is 3.40. The molecule has 3 aromatic rings. The molecule has 0 fully saturated rings. The van der Waals surface area contributed by atoms with Crippen LogP contribution < -0.4 is 10.6 Å². The first-order chi connectivity index (χ1) is 11.2. The van der Waals surface area contributed by atoms with E-state index in [4.69, 9.17) is 11.6 Å². The molecule has 0 aliphatic carbocycles. The van der Waals surface area contributed by atoms with Crippen molar-refractivity contribution in [1.82, 2.24) is 9.97 Å². The molecule has 116 valence electrons. The van der Waals surface area contributed by atoms with Gasteiger partial charge in [0.05, 0.1) is 0 Å². The Labute approximate surface area is 138 Å². The van der Waals surface area contributed by atoms with Crippen molar-refractivity contribution in [3.63, 3.8) is 0 Å². The monoisotopic (exact) mass is 328 g/mol. The lowest BCUT2D eigenvalue weighted by Crippen LogP contribution is -2.03. The second-order valence-corrected chi connectivity index (χ2v) is 5.34. The molecule has 6 heteroatoms. The molecule has 4 nitrogen and oxygen atoms in total. The lowest BCUT2D eigenvalue weighted by atomic mass is 10.2. The van der Waals surface area contributed by atoms with Gasteiger partial charge < -0.3 is 10.6 Å². The van der Waals surface area contributed by atoms with E-state index in [-0.39, 0.29) is 5.82 Å². The summed E-state index contributed by atoms with van der Waals surface area (Å²) >= 11 is 5.86. The first-order valence-corrected chi connectivity index (χ1v) is 7.40. The number of hydrogen-bond acceptors (Lipinski definition) is 4. The number of benzene rings is 2. The molecule has 0 atom stereocenters. The van der Waals surface area contributed by atoms with E-state index in [1.165, 1.54) is 18.5 Å². The third kappa shape index (κ3) is 4.40. The Bertz CT molecular complexity index is 793. The standard InChI is InChI=1S/C17H14ClFN4/c18-13-6-4-12(5-7-13)10-20-16-9-17(22-11-21-16)23-15-3-1-2-14(19)8-15/h1-9,11H,10H2,(H2,20,21,22,23). The summed E-state index contributed by atoms with van der Waals surface area (Å²) in [6.07, 6.45) is 1.45. The number of hydrogen-bond donors (Lipinski definition) is 2. The lowest BCUT2D eigenvalue weighted by molar-refractivity contribution is 0.628. The molecule has 0 saturated heterocycles. The summed E-state index contributed by atoms with van der Waals surface area (Å²) in [5, 5.41) is 6.96. The summed E-state index contributed by atoms with van der Waals surface area (Å²) < 4.78 is 13.2. The number of aromatic nitrogens is 2. The second-order valence-electron chi connectivity index (χ2n) is 4.90. The van der Waals surface area contributed by atoms with Crippen molar-refractivity contribution in [2.75, 3.05) is 10.6 Å². The zero-order valence-corrected chi connectivity index (χ0v) is 12.9. The van der Waals surface area contributed by atoms with Crippen LogP contribution in [0.5, 0.6) is 0 Å². The predicted molar refractivity (Wildman–Crippen MR) is 90.5 cm³/mol. The first kappa shape index (κ1) is 15.2. The average molecular weight is 329 g/mol. The Morgan fingerprint density at radius 3 is 2.52 bits per heavy atom. The molecule has 0 bridgehead atoms. The van der Waals surface area contributed by atoms with Gasteiger partial charge >= 0.3 is 0 Å². The Morgan fingerprint density at radius 2 is 1.74 bits per heavy atom. The minimum Gasteiger partial charge on any atom is -0.366 e. The van der Waals surface area contributed by atoms with Crippen LogP contribution in [-0.4, -0.2) is 9.97 Å². The quantitative estimate of drug-likeness (QED) is 0.717. The summed E-state index contributed by atoms with van der Waals surface area (Å²) in [6.45, 7) is 0.619. The highest BCUT2D eigenvalue weighted by Gasteiger charge is 2.01. The van der Waals surface area contributed by atoms with Gasteiger partial charge in [-0.3, -0.25) is 0 Å². The number of halogens is 2. The summed E-state index contributed by atoms with van der Waals surface area (Å²) in [6, 6.07) is 15.5. The summed E-state index contributed by atoms with van der Waals surface area (Å²) in [7, 11) is 0. The fourth-order valence-corrected chi connectivity index (χ4v) is 2.16. The number of nitrogens with zero attached hydrogens (tertiary/aromatic N) is 2. The van der Waals surface area contributed by atoms with E-state index in [2.05, 4.69) is 20.6 Å². The van der Waals surface area contributed by atoms with E-state index in [1.807, 2.05) is 24.3 Å². The number of rotatable bonds is 5. The Balaban J connectivity index is 1.66. The Hall–Kier alpha value is -2.66. The van der Waals surface area contributed by atoms with E-state index in [1.54, 1.807) is 18.2 Å². The maximum atomic E-state index is 13.2. The van der Waals surface area contributed by atoms with Crippen molar-refractivity contribution < 1.29 is 4.39 Å². The average Bonchev–Trinajstić information content (AvgIpc) is 2.55. The molecule has 23 heavy (non-hydrogen) atoms. The molecule has 0 saturated carbocycles.